The molecule has 2 aromatic carbocycles. The van der Waals surface area contributed by atoms with Crippen LogP contribution in [0.2, 0.25) is 0 Å². The number of hydrogen-bond donors (Lipinski definition) is 1. The molecule has 2 aromatic rings. The van der Waals surface area contributed by atoms with Crippen molar-refractivity contribution in [3.8, 4) is 0 Å². The molecule has 1 fully saturated rings. The number of benzene rings is 2. The fraction of sp³-hybridized carbons (Fsp3) is 0.300. The Kier molecular flexibility index (Phi) is 4.65. The van der Waals surface area contributed by atoms with E-state index in [-0.39, 0.29) is 24.2 Å². The lowest BCUT2D eigenvalue weighted by Gasteiger charge is -2.17. The molecular weight excluding hydrogens is 300 g/mol. The molecule has 0 saturated carbocycles. The summed E-state index contributed by atoms with van der Waals surface area (Å²) in [6.45, 7) is 4.97. The Labute approximate surface area is 142 Å². The van der Waals surface area contributed by atoms with E-state index in [1.165, 1.54) is 5.56 Å². The summed E-state index contributed by atoms with van der Waals surface area (Å²) in [5.41, 5.74) is 4.22. The lowest BCUT2D eigenvalue weighted by molar-refractivity contribution is -0.126. The third kappa shape index (κ3) is 3.65. The highest BCUT2D eigenvalue weighted by molar-refractivity contribution is 6.00. The van der Waals surface area contributed by atoms with E-state index in [0.29, 0.717) is 13.1 Å². The third-order valence-electron chi connectivity index (χ3n) is 4.36. The summed E-state index contributed by atoms with van der Waals surface area (Å²) in [5, 5.41) is 2.95. The monoisotopic (exact) mass is 322 g/mol. The van der Waals surface area contributed by atoms with Crippen LogP contribution < -0.4 is 10.2 Å². The Bertz CT molecular complexity index is 770. The topological polar surface area (TPSA) is 49.4 Å². The molecule has 0 bridgehead atoms. The second-order valence-electron chi connectivity index (χ2n) is 6.45. The number of aryl methyl sites for hydroxylation is 2. The van der Waals surface area contributed by atoms with Gasteiger partial charge in [0.15, 0.2) is 0 Å². The minimum Gasteiger partial charge on any atom is -0.352 e. The smallest absolute Gasteiger partial charge is 0.227 e. The van der Waals surface area contributed by atoms with Gasteiger partial charge in [-0.05, 0) is 37.1 Å². The highest BCUT2D eigenvalue weighted by atomic mass is 16.2. The molecule has 124 valence electrons. The summed E-state index contributed by atoms with van der Waals surface area (Å²) in [4.78, 5) is 26.4. The first-order valence-corrected chi connectivity index (χ1v) is 8.23. The normalized spacial score (nSPS) is 17.2. The van der Waals surface area contributed by atoms with Crippen LogP contribution in [0.1, 0.15) is 23.1 Å². The molecule has 0 unspecified atom stereocenters. The molecule has 1 N–H and O–H groups in total. The van der Waals surface area contributed by atoms with Gasteiger partial charge in [0.05, 0.1) is 5.92 Å². The number of carbonyl (C=O) groups is 2. The summed E-state index contributed by atoms with van der Waals surface area (Å²) in [6.07, 6.45) is 0.271. The van der Waals surface area contributed by atoms with Crippen molar-refractivity contribution in [3.05, 3.63) is 65.2 Å². The number of nitrogens with zero attached hydrogens (tertiary/aromatic N) is 1. The molecule has 3 rings (SSSR count). The van der Waals surface area contributed by atoms with Crippen LogP contribution >= 0.6 is 0 Å². The molecule has 2 amide bonds. The summed E-state index contributed by atoms with van der Waals surface area (Å²) in [5.74, 6) is -0.334. The van der Waals surface area contributed by atoms with Gasteiger partial charge in [0.2, 0.25) is 11.8 Å². The zero-order valence-corrected chi connectivity index (χ0v) is 14.1. The van der Waals surface area contributed by atoms with Gasteiger partial charge in [-0.3, -0.25) is 9.59 Å². The van der Waals surface area contributed by atoms with E-state index in [2.05, 4.69) is 11.4 Å². The molecule has 24 heavy (non-hydrogen) atoms. The van der Waals surface area contributed by atoms with Crippen LogP contribution in [0.5, 0.6) is 0 Å². The first kappa shape index (κ1) is 16.2. The lowest BCUT2D eigenvalue weighted by Crippen LogP contribution is -2.32. The van der Waals surface area contributed by atoms with Crippen LogP contribution in [0.3, 0.4) is 0 Å². The van der Waals surface area contributed by atoms with Gasteiger partial charge in [0.1, 0.15) is 0 Å². The fourth-order valence-electron chi connectivity index (χ4n) is 3.08. The van der Waals surface area contributed by atoms with Crippen LogP contribution in [-0.2, 0) is 16.1 Å². The first-order chi connectivity index (χ1) is 11.5. The maximum atomic E-state index is 12.4. The van der Waals surface area contributed by atoms with Crippen LogP contribution in [0, 0.1) is 19.8 Å². The number of hydrogen-bond acceptors (Lipinski definition) is 2. The second kappa shape index (κ2) is 6.87. The average molecular weight is 322 g/mol. The second-order valence-corrected chi connectivity index (χ2v) is 6.45. The van der Waals surface area contributed by atoms with Gasteiger partial charge < -0.3 is 10.2 Å². The summed E-state index contributed by atoms with van der Waals surface area (Å²) < 4.78 is 0. The van der Waals surface area contributed by atoms with Crippen molar-refractivity contribution < 1.29 is 9.59 Å². The molecule has 0 radical (unpaired) electrons. The molecule has 1 atom stereocenters. The van der Waals surface area contributed by atoms with Crippen LogP contribution in [0.4, 0.5) is 5.69 Å². The number of carbonyl (C=O) groups excluding carboxylic acids is 2. The zero-order valence-electron chi connectivity index (χ0n) is 14.1. The van der Waals surface area contributed by atoms with E-state index >= 15 is 0 Å². The van der Waals surface area contributed by atoms with E-state index in [4.69, 9.17) is 0 Å². The largest absolute Gasteiger partial charge is 0.352 e. The van der Waals surface area contributed by atoms with Gasteiger partial charge in [-0.15, -0.1) is 0 Å². The molecule has 0 aromatic heterocycles. The fourth-order valence-corrected chi connectivity index (χ4v) is 3.08. The Morgan fingerprint density at radius 2 is 1.83 bits per heavy atom. The van der Waals surface area contributed by atoms with Crippen molar-refractivity contribution in [2.24, 2.45) is 5.92 Å². The van der Waals surface area contributed by atoms with Crippen molar-refractivity contribution >= 4 is 17.5 Å². The van der Waals surface area contributed by atoms with Crippen molar-refractivity contribution in [2.75, 3.05) is 11.4 Å². The molecule has 1 heterocycles. The Morgan fingerprint density at radius 3 is 2.54 bits per heavy atom. The first-order valence-electron chi connectivity index (χ1n) is 8.23. The maximum Gasteiger partial charge on any atom is 0.227 e. The molecule has 0 aliphatic carbocycles. The molecule has 4 nitrogen and oxygen atoms in total. The summed E-state index contributed by atoms with van der Waals surface area (Å²) in [6, 6.07) is 15.9. The van der Waals surface area contributed by atoms with Crippen molar-refractivity contribution in [1.82, 2.24) is 5.32 Å². The average Bonchev–Trinajstić information content (AvgIpc) is 2.95. The van der Waals surface area contributed by atoms with Crippen LogP contribution in [-0.4, -0.2) is 18.4 Å². The number of nitrogens with one attached hydrogen (secondary N) is 1. The lowest BCUT2D eigenvalue weighted by atomic mass is 10.1. The van der Waals surface area contributed by atoms with Gasteiger partial charge in [-0.1, -0.05) is 42.0 Å². The van der Waals surface area contributed by atoms with Crippen LogP contribution in [0.25, 0.3) is 0 Å². The molecule has 4 heteroatoms. The number of anilines is 1. The van der Waals surface area contributed by atoms with Crippen LogP contribution in [0.15, 0.2) is 48.5 Å². The third-order valence-corrected chi connectivity index (χ3v) is 4.36. The highest BCUT2D eigenvalue weighted by Crippen LogP contribution is 2.25. The quantitative estimate of drug-likeness (QED) is 0.941. The molecule has 1 aliphatic heterocycles. The van der Waals surface area contributed by atoms with Crippen molar-refractivity contribution in [2.45, 2.75) is 26.8 Å². The van der Waals surface area contributed by atoms with E-state index in [1.54, 1.807) is 4.90 Å². The highest BCUT2D eigenvalue weighted by Gasteiger charge is 2.34. The Morgan fingerprint density at radius 1 is 1.12 bits per heavy atom. The standard InChI is InChI=1S/C20H22N2O2/c1-14-5-3-7-16(9-14)12-21-20(24)17-11-19(23)22(13-17)18-8-4-6-15(2)10-18/h3-10,17H,11-13H2,1-2H3,(H,21,24)/t17-/m0/s1. The minimum absolute atomic E-state index is 0.0105. The van der Waals surface area contributed by atoms with Crippen molar-refractivity contribution in [1.29, 1.82) is 0 Å². The summed E-state index contributed by atoms with van der Waals surface area (Å²) in [7, 11) is 0. The van der Waals surface area contributed by atoms with E-state index in [0.717, 1.165) is 16.8 Å². The predicted octanol–water partition coefficient (Wildman–Crippen LogP) is 2.97. The van der Waals surface area contributed by atoms with Gasteiger partial charge in [-0.25, -0.2) is 0 Å². The van der Waals surface area contributed by atoms with Gasteiger partial charge in [0, 0.05) is 25.2 Å². The number of rotatable bonds is 4. The predicted molar refractivity (Wildman–Crippen MR) is 94.7 cm³/mol. The Balaban J connectivity index is 1.61. The molecule has 0 spiro atoms. The maximum absolute atomic E-state index is 12.4. The summed E-state index contributed by atoms with van der Waals surface area (Å²) >= 11 is 0. The minimum atomic E-state index is -0.289. The van der Waals surface area contributed by atoms with Crippen molar-refractivity contribution in [3.63, 3.8) is 0 Å². The van der Waals surface area contributed by atoms with Gasteiger partial charge in [0.25, 0.3) is 0 Å². The van der Waals surface area contributed by atoms with E-state index in [1.807, 2.05) is 56.3 Å². The molecule has 1 saturated heterocycles. The molecule has 1 aliphatic rings. The SMILES string of the molecule is Cc1cccc(CNC(=O)[C@H]2CC(=O)N(c3cccc(C)c3)C2)c1. The molecular formula is C20H22N2O2. The van der Waals surface area contributed by atoms with Gasteiger partial charge in [-0.2, -0.15) is 0 Å². The number of amides is 2. The van der Waals surface area contributed by atoms with Gasteiger partial charge >= 0.3 is 0 Å². The van der Waals surface area contributed by atoms with E-state index in [9.17, 15) is 9.59 Å². The Hall–Kier alpha value is -2.62. The zero-order chi connectivity index (χ0) is 17.1. The van der Waals surface area contributed by atoms with E-state index < -0.39 is 0 Å².